The van der Waals surface area contributed by atoms with E-state index in [1.54, 1.807) is 7.11 Å². The lowest BCUT2D eigenvalue weighted by atomic mass is 9.96. The molecule has 2 N–H and O–H groups in total. The van der Waals surface area contributed by atoms with Crippen molar-refractivity contribution in [2.45, 2.75) is 39.2 Å². The van der Waals surface area contributed by atoms with Crippen LogP contribution in [0.1, 0.15) is 36.2 Å². The lowest BCUT2D eigenvalue weighted by Crippen LogP contribution is -2.40. The molecule has 1 aromatic carbocycles. The molecule has 1 heterocycles. The van der Waals surface area contributed by atoms with Crippen molar-refractivity contribution in [3.63, 3.8) is 0 Å². The van der Waals surface area contributed by atoms with E-state index in [9.17, 15) is 4.79 Å². The third-order valence-electron chi connectivity index (χ3n) is 4.77. The summed E-state index contributed by atoms with van der Waals surface area (Å²) < 4.78 is 7.20. The molecule has 0 radical (unpaired) electrons. The van der Waals surface area contributed by atoms with Crippen LogP contribution in [0.2, 0.25) is 0 Å². The van der Waals surface area contributed by atoms with E-state index in [0.717, 1.165) is 29.2 Å². The number of aromatic nitrogens is 2. The number of nitrogens with one attached hydrogen (secondary N) is 2. The second kappa shape index (κ2) is 7.64. The highest BCUT2D eigenvalue weighted by Crippen LogP contribution is 2.34. The Bertz CT molecular complexity index is 808. The molecule has 0 aliphatic heterocycles. The van der Waals surface area contributed by atoms with Crippen LogP contribution in [0, 0.1) is 13.8 Å². The SMILES string of the molecule is CCNC(=O)N[C@@H]1C=C[C@@H](c2c(C)nn(-c3ccc(OC)cc3)c2C)C1. The first kappa shape index (κ1) is 18.0. The van der Waals surface area contributed by atoms with Gasteiger partial charge in [0.05, 0.1) is 18.5 Å². The van der Waals surface area contributed by atoms with E-state index in [1.165, 1.54) is 5.56 Å². The topological polar surface area (TPSA) is 68.2 Å². The van der Waals surface area contributed by atoms with Crippen molar-refractivity contribution in [3.05, 3.63) is 53.4 Å². The number of carbonyl (C=O) groups is 1. The normalized spacial score (nSPS) is 18.8. The van der Waals surface area contributed by atoms with Gasteiger partial charge in [0.2, 0.25) is 0 Å². The molecule has 0 saturated carbocycles. The van der Waals surface area contributed by atoms with Crippen LogP contribution in [0.5, 0.6) is 5.75 Å². The summed E-state index contributed by atoms with van der Waals surface area (Å²) in [6, 6.07) is 7.82. The van der Waals surface area contributed by atoms with Crippen LogP contribution in [0.25, 0.3) is 5.69 Å². The van der Waals surface area contributed by atoms with Gasteiger partial charge in [0.1, 0.15) is 5.75 Å². The molecule has 6 heteroatoms. The second-order valence-electron chi connectivity index (χ2n) is 6.53. The predicted molar refractivity (Wildman–Crippen MR) is 102 cm³/mol. The Labute approximate surface area is 154 Å². The molecule has 0 fully saturated rings. The number of nitrogens with zero attached hydrogens (tertiary/aromatic N) is 2. The van der Waals surface area contributed by atoms with Gasteiger partial charge < -0.3 is 15.4 Å². The minimum atomic E-state index is -0.120. The monoisotopic (exact) mass is 354 g/mol. The Hall–Kier alpha value is -2.76. The van der Waals surface area contributed by atoms with Crippen molar-refractivity contribution < 1.29 is 9.53 Å². The van der Waals surface area contributed by atoms with E-state index in [0.29, 0.717) is 6.54 Å². The molecule has 3 rings (SSSR count). The Morgan fingerprint density at radius 2 is 2.00 bits per heavy atom. The molecular weight excluding hydrogens is 328 g/mol. The van der Waals surface area contributed by atoms with Gasteiger partial charge in [-0.05, 0) is 51.5 Å². The fourth-order valence-corrected chi connectivity index (χ4v) is 3.57. The second-order valence-corrected chi connectivity index (χ2v) is 6.53. The first-order valence-corrected chi connectivity index (χ1v) is 8.96. The number of carbonyl (C=O) groups excluding carboxylic acids is 1. The quantitative estimate of drug-likeness (QED) is 0.810. The number of rotatable bonds is 5. The molecule has 1 aliphatic carbocycles. The van der Waals surface area contributed by atoms with Crippen molar-refractivity contribution in [2.24, 2.45) is 0 Å². The largest absolute Gasteiger partial charge is 0.497 e. The molecule has 1 aromatic heterocycles. The van der Waals surface area contributed by atoms with Gasteiger partial charge in [-0.25, -0.2) is 9.48 Å². The maximum absolute atomic E-state index is 11.7. The van der Waals surface area contributed by atoms with E-state index in [4.69, 9.17) is 9.84 Å². The molecule has 2 amide bonds. The first-order chi connectivity index (χ1) is 12.5. The smallest absolute Gasteiger partial charge is 0.315 e. The summed E-state index contributed by atoms with van der Waals surface area (Å²) in [5, 5.41) is 10.5. The standard InChI is InChI=1S/C20H26N4O2/c1-5-21-20(25)22-16-7-6-15(12-16)19-13(2)23-24(14(19)3)17-8-10-18(26-4)11-9-17/h6-11,15-16H,5,12H2,1-4H3,(H2,21,22,25)/t15-,16-/m1/s1. The first-order valence-electron chi connectivity index (χ1n) is 8.96. The zero-order valence-corrected chi connectivity index (χ0v) is 15.7. The lowest BCUT2D eigenvalue weighted by molar-refractivity contribution is 0.239. The van der Waals surface area contributed by atoms with Crippen LogP contribution in [0.15, 0.2) is 36.4 Å². The molecular formula is C20H26N4O2. The summed E-state index contributed by atoms with van der Waals surface area (Å²) in [5.74, 6) is 1.09. The lowest BCUT2D eigenvalue weighted by Gasteiger charge is -2.15. The van der Waals surface area contributed by atoms with Crippen molar-refractivity contribution in [2.75, 3.05) is 13.7 Å². The highest BCUT2D eigenvalue weighted by molar-refractivity contribution is 5.74. The van der Waals surface area contributed by atoms with Crippen LogP contribution in [0.3, 0.4) is 0 Å². The maximum Gasteiger partial charge on any atom is 0.315 e. The van der Waals surface area contributed by atoms with Crippen LogP contribution < -0.4 is 15.4 Å². The summed E-state index contributed by atoms with van der Waals surface area (Å²) in [4.78, 5) is 11.7. The zero-order chi connectivity index (χ0) is 18.7. The van der Waals surface area contributed by atoms with E-state index in [1.807, 2.05) is 42.8 Å². The number of methoxy groups -OCH3 is 1. The van der Waals surface area contributed by atoms with Gasteiger partial charge in [0.15, 0.2) is 0 Å². The minimum absolute atomic E-state index is 0.0506. The predicted octanol–water partition coefficient (Wildman–Crippen LogP) is 3.23. The Balaban J connectivity index is 1.78. The third-order valence-corrected chi connectivity index (χ3v) is 4.77. The summed E-state index contributed by atoms with van der Waals surface area (Å²) >= 11 is 0. The average molecular weight is 354 g/mol. The van der Waals surface area contributed by atoms with Crippen molar-refractivity contribution >= 4 is 6.03 Å². The summed E-state index contributed by atoms with van der Waals surface area (Å²) in [6.45, 7) is 6.67. The highest BCUT2D eigenvalue weighted by atomic mass is 16.5. The fraction of sp³-hybridized carbons (Fsp3) is 0.400. The molecule has 6 nitrogen and oxygen atoms in total. The summed E-state index contributed by atoms with van der Waals surface area (Å²) in [7, 11) is 1.66. The number of aryl methyl sites for hydroxylation is 1. The minimum Gasteiger partial charge on any atom is -0.497 e. The Kier molecular flexibility index (Phi) is 5.30. The summed E-state index contributed by atoms with van der Waals surface area (Å²) in [6.07, 6.45) is 5.10. The molecule has 138 valence electrons. The molecule has 0 spiro atoms. The highest BCUT2D eigenvalue weighted by Gasteiger charge is 2.26. The summed E-state index contributed by atoms with van der Waals surface area (Å²) in [5.41, 5.74) is 4.39. The van der Waals surface area contributed by atoms with E-state index < -0.39 is 0 Å². The molecule has 0 unspecified atom stereocenters. The molecule has 0 saturated heterocycles. The van der Waals surface area contributed by atoms with Gasteiger partial charge in [0.25, 0.3) is 0 Å². The van der Waals surface area contributed by atoms with Gasteiger partial charge in [-0.2, -0.15) is 5.10 Å². The number of urea groups is 1. The fourth-order valence-electron chi connectivity index (χ4n) is 3.57. The van der Waals surface area contributed by atoms with Crippen molar-refractivity contribution in [1.82, 2.24) is 20.4 Å². The zero-order valence-electron chi connectivity index (χ0n) is 15.7. The average Bonchev–Trinajstić information content (AvgIpc) is 3.19. The molecule has 1 aliphatic rings. The van der Waals surface area contributed by atoms with Gasteiger partial charge in [0, 0.05) is 29.8 Å². The van der Waals surface area contributed by atoms with E-state index in [-0.39, 0.29) is 18.0 Å². The maximum atomic E-state index is 11.7. The number of hydrogen-bond acceptors (Lipinski definition) is 3. The molecule has 2 aromatic rings. The van der Waals surface area contributed by atoms with Gasteiger partial charge in [-0.1, -0.05) is 12.2 Å². The van der Waals surface area contributed by atoms with Gasteiger partial charge in [-0.3, -0.25) is 0 Å². The van der Waals surface area contributed by atoms with Crippen molar-refractivity contribution in [1.29, 1.82) is 0 Å². The van der Waals surface area contributed by atoms with Crippen molar-refractivity contribution in [3.8, 4) is 11.4 Å². The van der Waals surface area contributed by atoms with E-state index >= 15 is 0 Å². The Morgan fingerprint density at radius 1 is 1.27 bits per heavy atom. The van der Waals surface area contributed by atoms with Crippen LogP contribution in [-0.4, -0.2) is 35.5 Å². The number of hydrogen-bond donors (Lipinski definition) is 2. The Morgan fingerprint density at radius 3 is 2.65 bits per heavy atom. The van der Waals surface area contributed by atoms with E-state index in [2.05, 4.69) is 29.7 Å². The number of benzene rings is 1. The van der Waals surface area contributed by atoms with Gasteiger partial charge in [-0.15, -0.1) is 0 Å². The number of amides is 2. The molecule has 0 bridgehead atoms. The van der Waals surface area contributed by atoms with Crippen LogP contribution >= 0.6 is 0 Å². The van der Waals surface area contributed by atoms with Crippen LogP contribution in [-0.2, 0) is 0 Å². The molecule has 2 atom stereocenters. The third kappa shape index (κ3) is 3.59. The number of allylic oxidation sites excluding steroid dienone is 1. The molecule has 26 heavy (non-hydrogen) atoms. The van der Waals surface area contributed by atoms with Crippen LogP contribution in [0.4, 0.5) is 4.79 Å². The number of ether oxygens (including phenoxy) is 1. The van der Waals surface area contributed by atoms with Gasteiger partial charge >= 0.3 is 6.03 Å².